The molecular formula is C30H26F3N5O2. The Morgan fingerprint density at radius 3 is 2.50 bits per heavy atom. The Bertz CT molecular complexity index is 1680. The molecule has 3 heterocycles. The number of halogens is 3. The molecule has 0 amide bonds. The number of pyridine rings is 1. The number of fused-ring (bicyclic) bond motifs is 2. The van der Waals surface area contributed by atoms with Gasteiger partial charge in [-0.15, -0.1) is 13.2 Å². The van der Waals surface area contributed by atoms with Gasteiger partial charge in [-0.05, 0) is 80.4 Å². The molecule has 7 nitrogen and oxygen atoms in total. The average Bonchev–Trinajstić information content (AvgIpc) is 2.94. The minimum absolute atomic E-state index is 0.101. The molecule has 3 aromatic rings. The van der Waals surface area contributed by atoms with Crippen LogP contribution in [0.1, 0.15) is 18.5 Å². The van der Waals surface area contributed by atoms with E-state index >= 15 is 0 Å². The Labute approximate surface area is 228 Å². The van der Waals surface area contributed by atoms with E-state index in [1.165, 1.54) is 12.1 Å². The molecule has 0 bridgehead atoms. The Hall–Kier alpha value is -4.44. The highest BCUT2D eigenvalue weighted by Crippen LogP contribution is 2.32. The van der Waals surface area contributed by atoms with E-state index in [2.05, 4.69) is 15.0 Å². The summed E-state index contributed by atoms with van der Waals surface area (Å²) in [5.74, 6) is -0.284. The maximum atomic E-state index is 12.8. The molecule has 1 fully saturated rings. The first-order valence-corrected chi connectivity index (χ1v) is 13.0. The maximum Gasteiger partial charge on any atom is 0.573 e. The van der Waals surface area contributed by atoms with Gasteiger partial charge in [-0.25, -0.2) is 4.98 Å². The van der Waals surface area contributed by atoms with Crippen LogP contribution in [-0.4, -0.2) is 40.2 Å². The lowest BCUT2D eigenvalue weighted by molar-refractivity contribution is -0.274. The van der Waals surface area contributed by atoms with E-state index in [1.807, 2.05) is 60.0 Å². The van der Waals surface area contributed by atoms with Crippen LogP contribution in [0.5, 0.6) is 5.75 Å². The number of nitrogens with zero attached hydrogens (tertiary/aromatic N) is 4. The van der Waals surface area contributed by atoms with Crippen molar-refractivity contribution < 1.29 is 22.6 Å². The minimum atomic E-state index is -4.76. The lowest BCUT2D eigenvalue weighted by Gasteiger charge is -2.22. The molecule has 0 radical (unpaired) electrons. The number of alkyl halides is 3. The predicted molar refractivity (Wildman–Crippen MR) is 146 cm³/mol. The zero-order valence-electron chi connectivity index (χ0n) is 21.7. The van der Waals surface area contributed by atoms with Crippen molar-refractivity contribution in [2.45, 2.75) is 32.2 Å². The number of nitrogens with one attached hydrogen (secondary N) is 1. The lowest BCUT2D eigenvalue weighted by atomic mass is 10.1. The minimum Gasteiger partial charge on any atom is -0.406 e. The van der Waals surface area contributed by atoms with Crippen LogP contribution in [0.3, 0.4) is 0 Å². The second-order valence-electron chi connectivity index (χ2n) is 9.62. The van der Waals surface area contributed by atoms with Gasteiger partial charge in [0, 0.05) is 24.6 Å². The monoisotopic (exact) mass is 545 g/mol. The predicted octanol–water partition coefficient (Wildman–Crippen LogP) is 6.56. The fraction of sp³-hybridized carbons (Fsp3) is 0.233. The number of ether oxygens (including phenoxy) is 2. The Kier molecular flexibility index (Phi) is 6.85. The third-order valence-electron chi connectivity index (χ3n) is 6.73. The van der Waals surface area contributed by atoms with Gasteiger partial charge in [0.2, 0.25) is 0 Å². The highest BCUT2D eigenvalue weighted by atomic mass is 19.4. The van der Waals surface area contributed by atoms with Crippen LogP contribution in [0.4, 0.5) is 24.5 Å². The zero-order chi connectivity index (χ0) is 27.7. The molecule has 3 aliphatic rings. The van der Waals surface area contributed by atoms with Crippen LogP contribution in [0.2, 0.25) is 0 Å². The van der Waals surface area contributed by atoms with Crippen LogP contribution in [0.15, 0.2) is 84.0 Å². The smallest absolute Gasteiger partial charge is 0.406 e. The topological polar surface area (TPSA) is 73.6 Å². The van der Waals surface area contributed by atoms with Crippen molar-refractivity contribution in [2.75, 3.05) is 18.5 Å². The van der Waals surface area contributed by atoms with Crippen molar-refractivity contribution in [3.63, 3.8) is 0 Å². The van der Waals surface area contributed by atoms with E-state index < -0.39 is 6.36 Å². The van der Waals surface area contributed by atoms with Crippen molar-refractivity contribution in [1.82, 2.24) is 14.5 Å². The number of hydrogen-bond acceptors (Lipinski definition) is 6. The lowest BCUT2D eigenvalue weighted by Crippen LogP contribution is -2.23. The molecule has 1 aromatic heterocycles. The second kappa shape index (κ2) is 10.6. The summed E-state index contributed by atoms with van der Waals surface area (Å²) in [6, 6.07) is 21.4. The summed E-state index contributed by atoms with van der Waals surface area (Å²) < 4.78 is 49.9. The molecule has 204 valence electrons. The molecule has 2 aromatic carbocycles. The number of anilines is 2. The fourth-order valence-corrected chi connectivity index (χ4v) is 4.83. The molecule has 2 aliphatic heterocycles. The van der Waals surface area contributed by atoms with Crippen LogP contribution in [0.25, 0.3) is 28.1 Å². The van der Waals surface area contributed by atoms with Gasteiger partial charge in [0.15, 0.2) is 0 Å². The first-order valence-electron chi connectivity index (χ1n) is 13.0. The summed E-state index contributed by atoms with van der Waals surface area (Å²) >= 11 is 0. The van der Waals surface area contributed by atoms with Gasteiger partial charge >= 0.3 is 6.36 Å². The molecule has 1 aliphatic carbocycles. The number of aryl methyl sites for hydroxylation is 1. The Morgan fingerprint density at radius 1 is 1.00 bits per heavy atom. The van der Waals surface area contributed by atoms with E-state index in [9.17, 15) is 13.2 Å². The highest BCUT2D eigenvalue weighted by Gasteiger charge is 2.31. The van der Waals surface area contributed by atoms with Gasteiger partial charge in [-0.3, -0.25) is 9.98 Å². The first-order chi connectivity index (χ1) is 19.3. The molecule has 0 atom stereocenters. The number of rotatable bonds is 5. The van der Waals surface area contributed by atoms with E-state index in [0.29, 0.717) is 24.6 Å². The van der Waals surface area contributed by atoms with Crippen molar-refractivity contribution >= 4 is 22.4 Å². The summed E-state index contributed by atoms with van der Waals surface area (Å²) in [6.07, 6.45) is -1.35. The standard InChI is InChI=1S/C30H26F3N5O2/c1-19-6-7-21(18-34-19)36-25-16-27-29(17-26(25)35-20-12-14-39-15-13-20)38(28-5-3-2-4-24(28)37-27)22-8-10-23(11-9-22)40-30(31,32)33/h2-11,16-18,20,36H,12-15H2,1H3/b35-26+. The molecule has 40 heavy (non-hydrogen) atoms. The second-order valence-corrected chi connectivity index (χ2v) is 9.62. The summed E-state index contributed by atoms with van der Waals surface area (Å²) in [7, 11) is 0. The summed E-state index contributed by atoms with van der Waals surface area (Å²) in [4.78, 5) is 14.4. The van der Waals surface area contributed by atoms with Gasteiger partial charge in [0.25, 0.3) is 0 Å². The third kappa shape index (κ3) is 5.62. The van der Waals surface area contributed by atoms with Crippen molar-refractivity contribution in [3.8, 4) is 22.8 Å². The largest absolute Gasteiger partial charge is 0.573 e. The van der Waals surface area contributed by atoms with E-state index in [0.717, 1.165) is 52.0 Å². The number of benzene rings is 3. The van der Waals surface area contributed by atoms with Crippen LogP contribution < -0.4 is 15.4 Å². The molecule has 6 rings (SSSR count). The van der Waals surface area contributed by atoms with Gasteiger partial charge in [0.05, 0.1) is 51.4 Å². The van der Waals surface area contributed by atoms with Crippen molar-refractivity contribution in [2.24, 2.45) is 4.99 Å². The first kappa shape index (κ1) is 25.8. The fourth-order valence-electron chi connectivity index (χ4n) is 4.83. The average molecular weight is 546 g/mol. The maximum absolute atomic E-state index is 12.8. The normalized spacial score (nSPS) is 15.1. The van der Waals surface area contributed by atoms with E-state index in [-0.39, 0.29) is 11.8 Å². The number of aromatic nitrogens is 3. The van der Waals surface area contributed by atoms with E-state index in [1.54, 1.807) is 18.3 Å². The quantitative estimate of drug-likeness (QED) is 0.254. The van der Waals surface area contributed by atoms with Crippen molar-refractivity contribution in [1.29, 1.82) is 0 Å². The molecule has 0 saturated carbocycles. The summed E-state index contributed by atoms with van der Waals surface area (Å²) in [5.41, 5.74) is 6.19. The molecule has 1 N–H and O–H groups in total. The van der Waals surface area contributed by atoms with E-state index in [4.69, 9.17) is 14.7 Å². The van der Waals surface area contributed by atoms with Gasteiger partial charge in [-0.2, -0.15) is 0 Å². The van der Waals surface area contributed by atoms with Gasteiger partial charge < -0.3 is 19.4 Å². The Balaban J connectivity index is 1.55. The van der Waals surface area contributed by atoms with Crippen LogP contribution >= 0.6 is 0 Å². The Morgan fingerprint density at radius 2 is 1.77 bits per heavy atom. The molecule has 0 unspecified atom stereocenters. The third-order valence-corrected chi connectivity index (χ3v) is 6.73. The molecule has 1 saturated heterocycles. The number of hydrogen-bond donors (Lipinski definition) is 1. The van der Waals surface area contributed by atoms with Crippen LogP contribution in [-0.2, 0) is 4.74 Å². The molecule has 10 heteroatoms. The summed E-state index contributed by atoms with van der Waals surface area (Å²) in [6.45, 7) is 3.25. The molecule has 0 spiro atoms. The SMILES string of the molecule is Cc1ccc(Nc2cc3nc4ccccc4n(-c4ccc(OC(F)(F)F)cc4)c-3c/c2=N\C2CCOCC2)cn1. The highest BCUT2D eigenvalue weighted by molar-refractivity contribution is 5.84. The van der Waals surface area contributed by atoms with Crippen LogP contribution in [0, 0.1) is 6.92 Å². The zero-order valence-corrected chi connectivity index (χ0v) is 21.7. The van der Waals surface area contributed by atoms with Gasteiger partial charge in [-0.1, -0.05) is 12.1 Å². The van der Waals surface area contributed by atoms with Crippen molar-refractivity contribution in [3.05, 3.63) is 90.0 Å². The summed E-state index contributed by atoms with van der Waals surface area (Å²) in [5, 5.41) is 4.21. The molecular weight excluding hydrogens is 519 g/mol. The van der Waals surface area contributed by atoms with Gasteiger partial charge in [0.1, 0.15) is 5.75 Å². The number of para-hydroxylation sites is 2.